The van der Waals surface area contributed by atoms with Crippen molar-refractivity contribution in [3.63, 3.8) is 0 Å². The molecule has 2 rings (SSSR count). The SMILES string of the molecule is O=C1CCCCCN1CC(=O)N1CCC(O)C1. The molecule has 2 heterocycles. The van der Waals surface area contributed by atoms with Gasteiger partial charge in [0.15, 0.2) is 0 Å². The van der Waals surface area contributed by atoms with E-state index in [4.69, 9.17) is 0 Å². The number of aliphatic hydroxyl groups is 1. The van der Waals surface area contributed by atoms with E-state index in [1.165, 1.54) is 0 Å². The van der Waals surface area contributed by atoms with E-state index in [9.17, 15) is 14.7 Å². The second-order valence-corrected chi connectivity index (χ2v) is 4.91. The molecule has 0 bridgehead atoms. The zero-order valence-corrected chi connectivity index (χ0v) is 10.1. The summed E-state index contributed by atoms with van der Waals surface area (Å²) in [5.41, 5.74) is 0. The van der Waals surface area contributed by atoms with Gasteiger partial charge in [0.05, 0.1) is 12.6 Å². The van der Waals surface area contributed by atoms with Crippen LogP contribution in [-0.4, -0.2) is 59.0 Å². The smallest absolute Gasteiger partial charge is 0.242 e. The number of aliphatic hydroxyl groups excluding tert-OH is 1. The molecule has 2 saturated heterocycles. The zero-order valence-electron chi connectivity index (χ0n) is 10.1. The van der Waals surface area contributed by atoms with Gasteiger partial charge in [-0.1, -0.05) is 6.42 Å². The highest BCUT2D eigenvalue weighted by atomic mass is 16.3. The van der Waals surface area contributed by atoms with E-state index in [-0.39, 0.29) is 18.4 Å². The fourth-order valence-corrected chi connectivity index (χ4v) is 2.44. The first-order valence-corrected chi connectivity index (χ1v) is 6.40. The Balaban J connectivity index is 1.86. The van der Waals surface area contributed by atoms with Crippen molar-refractivity contribution in [2.24, 2.45) is 0 Å². The average molecular weight is 240 g/mol. The summed E-state index contributed by atoms with van der Waals surface area (Å²) >= 11 is 0. The summed E-state index contributed by atoms with van der Waals surface area (Å²) in [6.45, 7) is 1.91. The Labute approximate surface area is 101 Å². The maximum absolute atomic E-state index is 11.9. The molecule has 17 heavy (non-hydrogen) atoms. The number of carbonyl (C=O) groups is 2. The molecule has 0 saturated carbocycles. The predicted molar refractivity (Wildman–Crippen MR) is 62.3 cm³/mol. The molecular formula is C12H20N2O3. The Morgan fingerprint density at radius 3 is 2.82 bits per heavy atom. The Kier molecular flexibility index (Phi) is 3.99. The molecule has 2 fully saturated rings. The van der Waals surface area contributed by atoms with Crippen LogP contribution in [0.5, 0.6) is 0 Å². The van der Waals surface area contributed by atoms with Crippen LogP contribution >= 0.6 is 0 Å². The highest BCUT2D eigenvalue weighted by Gasteiger charge is 2.27. The average Bonchev–Trinajstić information content (AvgIpc) is 2.63. The molecule has 0 aromatic rings. The van der Waals surface area contributed by atoms with Gasteiger partial charge in [-0.25, -0.2) is 0 Å². The molecule has 96 valence electrons. The topological polar surface area (TPSA) is 60.9 Å². The van der Waals surface area contributed by atoms with Gasteiger partial charge in [-0.3, -0.25) is 9.59 Å². The lowest BCUT2D eigenvalue weighted by atomic mass is 10.2. The van der Waals surface area contributed by atoms with Gasteiger partial charge in [0, 0.05) is 26.1 Å². The Bertz CT molecular complexity index is 306. The van der Waals surface area contributed by atoms with Crippen LogP contribution in [0.4, 0.5) is 0 Å². The van der Waals surface area contributed by atoms with E-state index < -0.39 is 6.10 Å². The standard InChI is InChI=1S/C12H20N2O3/c15-10-5-7-14(8-10)12(17)9-13-6-3-1-2-4-11(13)16/h10,15H,1-9H2. The first-order valence-electron chi connectivity index (χ1n) is 6.40. The molecule has 0 aromatic carbocycles. The van der Waals surface area contributed by atoms with Gasteiger partial charge >= 0.3 is 0 Å². The molecule has 0 radical (unpaired) electrons. The van der Waals surface area contributed by atoms with Crippen molar-refractivity contribution in [2.75, 3.05) is 26.2 Å². The third-order valence-corrected chi connectivity index (χ3v) is 3.51. The number of rotatable bonds is 2. The molecule has 5 heteroatoms. The molecule has 0 spiro atoms. The minimum Gasteiger partial charge on any atom is -0.391 e. The summed E-state index contributed by atoms with van der Waals surface area (Å²) in [6.07, 6.45) is 3.82. The molecule has 1 N–H and O–H groups in total. The van der Waals surface area contributed by atoms with Crippen molar-refractivity contribution in [3.05, 3.63) is 0 Å². The van der Waals surface area contributed by atoms with E-state index >= 15 is 0 Å². The van der Waals surface area contributed by atoms with E-state index in [1.807, 2.05) is 0 Å². The lowest BCUT2D eigenvalue weighted by Gasteiger charge is -2.23. The van der Waals surface area contributed by atoms with Crippen LogP contribution in [0, 0.1) is 0 Å². The fraction of sp³-hybridized carbons (Fsp3) is 0.833. The third-order valence-electron chi connectivity index (χ3n) is 3.51. The van der Waals surface area contributed by atoms with Crippen LogP contribution in [0.3, 0.4) is 0 Å². The van der Waals surface area contributed by atoms with E-state index in [0.29, 0.717) is 32.5 Å². The van der Waals surface area contributed by atoms with E-state index in [2.05, 4.69) is 0 Å². The first-order chi connectivity index (χ1) is 8.16. The molecule has 2 aliphatic rings. The summed E-state index contributed by atoms with van der Waals surface area (Å²) < 4.78 is 0. The number of carbonyl (C=O) groups excluding carboxylic acids is 2. The van der Waals surface area contributed by atoms with Crippen molar-refractivity contribution in [1.29, 1.82) is 0 Å². The maximum atomic E-state index is 11.9. The van der Waals surface area contributed by atoms with Gasteiger partial charge in [-0.05, 0) is 19.3 Å². The number of hydrogen-bond acceptors (Lipinski definition) is 3. The lowest BCUT2D eigenvalue weighted by molar-refractivity contribution is -0.139. The summed E-state index contributed by atoms with van der Waals surface area (Å²) in [7, 11) is 0. The van der Waals surface area contributed by atoms with Gasteiger partial charge in [-0.2, -0.15) is 0 Å². The molecule has 2 amide bonds. The molecule has 0 aromatic heterocycles. The Hall–Kier alpha value is -1.10. The monoisotopic (exact) mass is 240 g/mol. The minimum atomic E-state index is -0.390. The molecule has 1 unspecified atom stereocenters. The largest absolute Gasteiger partial charge is 0.391 e. The summed E-state index contributed by atoms with van der Waals surface area (Å²) in [5, 5.41) is 9.38. The molecule has 2 aliphatic heterocycles. The highest BCUT2D eigenvalue weighted by molar-refractivity contribution is 5.85. The van der Waals surface area contributed by atoms with Gasteiger partial charge in [-0.15, -0.1) is 0 Å². The predicted octanol–water partition coefficient (Wildman–Crippen LogP) is -0.0178. The molecular weight excluding hydrogens is 220 g/mol. The summed E-state index contributed by atoms with van der Waals surface area (Å²) in [4.78, 5) is 27.0. The van der Waals surface area contributed by atoms with Gasteiger partial charge in [0.2, 0.25) is 11.8 Å². The second-order valence-electron chi connectivity index (χ2n) is 4.91. The fourth-order valence-electron chi connectivity index (χ4n) is 2.44. The van der Waals surface area contributed by atoms with Gasteiger partial charge < -0.3 is 14.9 Å². The van der Waals surface area contributed by atoms with Crippen LogP contribution < -0.4 is 0 Å². The lowest BCUT2D eigenvalue weighted by Crippen LogP contribution is -2.42. The number of hydrogen-bond donors (Lipinski definition) is 1. The van der Waals surface area contributed by atoms with Crippen molar-refractivity contribution in [3.8, 4) is 0 Å². The first kappa shape index (κ1) is 12.4. The Morgan fingerprint density at radius 2 is 2.12 bits per heavy atom. The van der Waals surface area contributed by atoms with Crippen LogP contribution in [0.25, 0.3) is 0 Å². The van der Waals surface area contributed by atoms with Crippen LogP contribution in [0.2, 0.25) is 0 Å². The molecule has 1 atom stereocenters. The van der Waals surface area contributed by atoms with Crippen LogP contribution in [0.1, 0.15) is 32.1 Å². The quantitative estimate of drug-likeness (QED) is 0.738. The zero-order chi connectivity index (χ0) is 12.3. The van der Waals surface area contributed by atoms with Gasteiger partial charge in [0.25, 0.3) is 0 Å². The number of nitrogens with zero attached hydrogens (tertiary/aromatic N) is 2. The van der Waals surface area contributed by atoms with Crippen molar-refractivity contribution < 1.29 is 14.7 Å². The van der Waals surface area contributed by atoms with E-state index in [0.717, 1.165) is 19.3 Å². The third kappa shape index (κ3) is 3.19. The molecule has 0 aliphatic carbocycles. The normalized spacial score (nSPS) is 26.2. The highest BCUT2D eigenvalue weighted by Crippen LogP contribution is 2.13. The molecule has 5 nitrogen and oxygen atoms in total. The maximum Gasteiger partial charge on any atom is 0.242 e. The van der Waals surface area contributed by atoms with Crippen LogP contribution in [-0.2, 0) is 9.59 Å². The number of likely N-dealkylation sites (tertiary alicyclic amines) is 2. The second kappa shape index (κ2) is 5.49. The minimum absolute atomic E-state index is 0.0307. The van der Waals surface area contributed by atoms with E-state index in [1.54, 1.807) is 9.80 Å². The number of β-amino-alcohol motifs (C(OH)–C–C–N with tert-alkyl or cyclic N) is 1. The number of amides is 2. The van der Waals surface area contributed by atoms with Gasteiger partial charge in [0.1, 0.15) is 0 Å². The Morgan fingerprint density at radius 1 is 1.29 bits per heavy atom. The summed E-state index contributed by atoms with van der Waals surface area (Å²) in [5.74, 6) is 0.0624. The summed E-state index contributed by atoms with van der Waals surface area (Å²) in [6, 6.07) is 0. The van der Waals surface area contributed by atoms with Crippen LogP contribution in [0.15, 0.2) is 0 Å². The van der Waals surface area contributed by atoms with Crippen molar-refractivity contribution >= 4 is 11.8 Å². The van der Waals surface area contributed by atoms with Crippen molar-refractivity contribution in [2.45, 2.75) is 38.2 Å². The van der Waals surface area contributed by atoms with Crippen molar-refractivity contribution in [1.82, 2.24) is 9.80 Å².